The Kier molecular flexibility index (Phi) is 6.76. The standard InChI is InChI=1S/C23H18F6N6O2/c1-13-30-14(2)35(32-13)12-19(36)34(18-5-3-4-17(10-18)22(24,25)26)11-15-6-8-16(9-7-15)20-31-21(37-33-20)23(27,28)29/h3-10H,11-12H2,1-2H3. The zero-order valence-corrected chi connectivity index (χ0v) is 19.3. The summed E-state index contributed by atoms with van der Waals surface area (Å²) < 4.78 is 83.7. The fourth-order valence-corrected chi connectivity index (χ4v) is 3.50. The van der Waals surface area contributed by atoms with Gasteiger partial charge in [0.25, 0.3) is 0 Å². The molecule has 1 amide bonds. The number of amides is 1. The van der Waals surface area contributed by atoms with Crippen LogP contribution in [0, 0.1) is 13.8 Å². The van der Waals surface area contributed by atoms with Crippen molar-refractivity contribution in [3.8, 4) is 11.4 Å². The largest absolute Gasteiger partial charge is 0.471 e. The van der Waals surface area contributed by atoms with Crippen molar-refractivity contribution in [1.29, 1.82) is 0 Å². The van der Waals surface area contributed by atoms with E-state index in [-0.39, 0.29) is 30.2 Å². The van der Waals surface area contributed by atoms with Crippen molar-refractivity contribution in [2.45, 2.75) is 39.3 Å². The maximum Gasteiger partial charge on any atom is 0.471 e. The molecule has 0 aliphatic heterocycles. The lowest BCUT2D eigenvalue weighted by Crippen LogP contribution is -2.34. The van der Waals surface area contributed by atoms with Gasteiger partial charge in [0.1, 0.15) is 18.2 Å². The molecule has 0 fully saturated rings. The van der Waals surface area contributed by atoms with Gasteiger partial charge in [-0.25, -0.2) is 9.67 Å². The van der Waals surface area contributed by atoms with Gasteiger partial charge in [0.2, 0.25) is 11.7 Å². The molecule has 0 bridgehead atoms. The van der Waals surface area contributed by atoms with E-state index in [4.69, 9.17) is 0 Å². The van der Waals surface area contributed by atoms with E-state index >= 15 is 0 Å². The van der Waals surface area contributed by atoms with E-state index in [0.29, 0.717) is 17.2 Å². The molecule has 0 spiro atoms. The van der Waals surface area contributed by atoms with E-state index < -0.39 is 29.7 Å². The summed E-state index contributed by atoms with van der Waals surface area (Å²) in [7, 11) is 0. The summed E-state index contributed by atoms with van der Waals surface area (Å²) in [5.74, 6) is -1.45. The number of alkyl halides is 6. The van der Waals surface area contributed by atoms with E-state index in [1.54, 1.807) is 13.8 Å². The quantitative estimate of drug-likeness (QED) is 0.322. The maximum atomic E-state index is 13.3. The van der Waals surface area contributed by atoms with Crippen LogP contribution < -0.4 is 4.90 Å². The molecule has 0 saturated heterocycles. The van der Waals surface area contributed by atoms with Crippen LogP contribution in [0.4, 0.5) is 32.0 Å². The van der Waals surface area contributed by atoms with Crippen molar-refractivity contribution in [2.75, 3.05) is 4.90 Å². The van der Waals surface area contributed by atoms with Gasteiger partial charge in [-0.05, 0) is 37.6 Å². The minimum atomic E-state index is -4.79. The monoisotopic (exact) mass is 524 g/mol. The Hall–Kier alpha value is -4.23. The lowest BCUT2D eigenvalue weighted by molar-refractivity contribution is -0.159. The fourth-order valence-electron chi connectivity index (χ4n) is 3.50. The normalized spacial score (nSPS) is 12.1. The zero-order chi connectivity index (χ0) is 27.0. The van der Waals surface area contributed by atoms with E-state index in [9.17, 15) is 31.1 Å². The molecule has 2 aromatic carbocycles. The number of nitrogens with zero attached hydrogens (tertiary/aromatic N) is 6. The summed E-state index contributed by atoms with van der Waals surface area (Å²) in [5, 5.41) is 7.45. The topological polar surface area (TPSA) is 89.9 Å². The Bertz CT molecular complexity index is 1410. The number of anilines is 1. The summed E-state index contributed by atoms with van der Waals surface area (Å²) in [5.41, 5.74) is -0.218. The number of aryl methyl sites for hydroxylation is 2. The van der Waals surface area contributed by atoms with E-state index in [1.165, 1.54) is 41.1 Å². The molecule has 0 aliphatic carbocycles. The number of hydrogen-bond donors (Lipinski definition) is 0. The molecular formula is C23H18F6N6O2. The number of rotatable bonds is 6. The third-order valence-corrected chi connectivity index (χ3v) is 5.26. The van der Waals surface area contributed by atoms with Gasteiger partial charge >= 0.3 is 18.2 Å². The number of benzene rings is 2. The third kappa shape index (κ3) is 5.95. The average Bonchev–Trinajstić information content (AvgIpc) is 3.44. The third-order valence-electron chi connectivity index (χ3n) is 5.26. The van der Waals surface area contributed by atoms with Crippen molar-refractivity contribution < 1.29 is 35.7 Å². The molecule has 2 aromatic heterocycles. The first-order valence-electron chi connectivity index (χ1n) is 10.7. The molecule has 4 aromatic rings. The van der Waals surface area contributed by atoms with E-state index in [2.05, 4.69) is 24.7 Å². The Labute approximate surface area is 205 Å². The molecular weight excluding hydrogens is 506 g/mol. The molecule has 37 heavy (non-hydrogen) atoms. The minimum absolute atomic E-state index is 0.00591. The van der Waals surface area contributed by atoms with Crippen molar-refractivity contribution in [3.63, 3.8) is 0 Å². The lowest BCUT2D eigenvalue weighted by Gasteiger charge is -2.24. The van der Waals surface area contributed by atoms with Gasteiger partial charge in [-0.3, -0.25) is 4.79 Å². The van der Waals surface area contributed by atoms with Gasteiger partial charge in [0.15, 0.2) is 0 Å². The molecule has 4 rings (SSSR count). The summed E-state index contributed by atoms with van der Waals surface area (Å²) >= 11 is 0. The van der Waals surface area contributed by atoms with Gasteiger partial charge in [0.05, 0.1) is 12.1 Å². The Morgan fingerprint density at radius 3 is 2.24 bits per heavy atom. The second-order valence-corrected chi connectivity index (χ2v) is 8.01. The van der Waals surface area contributed by atoms with Crippen molar-refractivity contribution in [2.24, 2.45) is 0 Å². The number of carbonyl (C=O) groups excluding carboxylic acids is 1. The van der Waals surface area contributed by atoms with Crippen LogP contribution in [0.5, 0.6) is 0 Å². The molecule has 14 heteroatoms. The predicted molar refractivity (Wildman–Crippen MR) is 117 cm³/mol. The SMILES string of the molecule is Cc1nc(C)n(CC(=O)N(Cc2ccc(-c3noc(C(F)(F)F)n3)cc2)c2cccc(C(F)(F)F)c2)n1. The van der Waals surface area contributed by atoms with Gasteiger partial charge in [-0.15, -0.1) is 0 Å². The van der Waals surface area contributed by atoms with Crippen LogP contribution in [0.2, 0.25) is 0 Å². The highest BCUT2D eigenvalue weighted by atomic mass is 19.4. The van der Waals surface area contributed by atoms with Gasteiger partial charge in [-0.1, -0.05) is 35.5 Å². The summed E-state index contributed by atoms with van der Waals surface area (Å²) in [6.07, 6.45) is -9.41. The van der Waals surface area contributed by atoms with Gasteiger partial charge < -0.3 is 9.42 Å². The number of carbonyl (C=O) groups is 1. The second-order valence-electron chi connectivity index (χ2n) is 8.01. The van der Waals surface area contributed by atoms with Crippen LogP contribution in [0.3, 0.4) is 0 Å². The predicted octanol–water partition coefficient (Wildman–Crippen LogP) is 5.22. The molecule has 0 radical (unpaired) electrons. The average molecular weight is 524 g/mol. The Morgan fingerprint density at radius 2 is 1.68 bits per heavy atom. The smallest absolute Gasteiger partial charge is 0.329 e. The molecule has 0 atom stereocenters. The summed E-state index contributed by atoms with van der Waals surface area (Å²) in [6, 6.07) is 10.2. The molecule has 8 nitrogen and oxygen atoms in total. The first-order chi connectivity index (χ1) is 17.3. The highest BCUT2D eigenvalue weighted by molar-refractivity contribution is 5.93. The van der Waals surface area contributed by atoms with Crippen LogP contribution >= 0.6 is 0 Å². The molecule has 0 unspecified atom stereocenters. The van der Waals surface area contributed by atoms with Crippen LogP contribution in [-0.4, -0.2) is 30.8 Å². The highest BCUT2D eigenvalue weighted by Crippen LogP contribution is 2.33. The maximum absolute atomic E-state index is 13.3. The number of halogens is 6. The number of hydrogen-bond acceptors (Lipinski definition) is 6. The van der Waals surface area contributed by atoms with Crippen molar-refractivity contribution in [1.82, 2.24) is 24.9 Å². The highest BCUT2D eigenvalue weighted by Gasteiger charge is 2.38. The van der Waals surface area contributed by atoms with Crippen LogP contribution in [-0.2, 0) is 30.2 Å². The molecule has 0 N–H and O–H groups in total. The van der Waals surface area contributed by atoms with Crippen LogP contribution in [0.1, 0.15) is 28.7 Å². The van der Waals surface area contributed by atoms with Crippen LogP contribution in [0.15, 0.2) is 53.1 Å². The molecule has 0 saturated carbocycles. The first-order valence-corrected chi connectivity index (χ1v) is 10.7. The zero-order valence-electron chi connectivity index (χ0n) is 19.3. The number of aromatic nitrogens is 5. The molecule has 194 valence electrons. The van der Waals surface area contributed by atoms with E-state index in [0.717, 1.165) is 17.0 Å². The fraction of sp³-hybridized carbons (Fsp3) is 0.261. The minimum Gasteiger partial charge on any atom is -0.329 e. The van der Waals surface area contributed by atoms with Crippen LogP contribution in [0.25, 0.3) is 11.4 Å². The molecule has 0 aliphatic rings. The summed E-state index contributed by atoms with van der Waals surface area (Å²) in [6.45, 7) is 2.88. The van der Waals surface area contributed by atoms with E-state index in [1.807, 2.05) is 0 Å². The van der Waals surface area contributed by atoms with Crippen molar-refractivity contribution in [3.05, 3.63) is 77.2 Å². The Morgan fingerprint density at radius 1 is 0.973 bits per heavy atom. The Balaban J connectivity index is 1.63. The summed E-state index contributed by atoms with van der Waals surface area (Å²) in [4.78, 5) is 21.8. The van der Waals surface area contributed by atoms with Gasteiger partial charge in [-0.2, -0.15) is 36.4 Å². The lowest BCUT2D eigenvalue weighted by atomic mass is 10.1. The van der Waals surface area contributed by atoms with Crippen molar-refractivity contribution >= 4 is 11.6 Å². The first kappa shape index (κ1) is 25.9. The molecule has 2 heterocycles. The second kappa shape index (κ2) is 9.67. The van der Waals surface area contributed by atoms with Gasteiger partial charge in [0, 0.05) is 11.3 Å².